The van der Waals surface area contributed by atoms with Crippen molar-refractivity contribution in [1.29, 1.82) is 0 Å². The van der Waals surface area contributed by atoms with Crippen molar-refractivity contribution >= 4 is 5.78 Å². The van der Waals surface area contributed by atoms with Crippen LogP contribution in [0.1, 0.15) is 70.8 Å². The molecule has 3 nitrogen and oxygen atoms in total. The van der Waals surface area contributed by atoms with E-state index in [1.807, 2.05) is 25.1 Å². The molecule has 0 amide bonds. The van der Waals surface area contributed by atoms with Crippen LogP contribution in [0.15, 0.2) is 30.3 Å². The van der Waals surface area contributed by atoms with Gasteiger partial charge in [-0.15, -0.1) is 0 Å². The van der Waals surface area contributed by atoms with Crippen molar-refractivity contribution in [2.45, 2.75) is 90.1 Å². The lowest BCUT2D eigenvalue weighted by molar-refractivity contribution is -0.153. The van der Waals surface area contributed by atoms with E-state index in [0.717, 1.165) is 19.3 Å². The number of unbranched alkanes of at least 4 members (excludes halogenated alkanes) is 2. The van der Waals surface area contributed by atoms with Gasteiger partial charge in [0, 0.05) is 12.8 Å². The molecule has 134 valence electrons. The molecule has 3 heteroatoms. The molecule has 0 radical (unpaired) electrons. The lowest BCUT2D eigenvalue weighted by atomic mass is 9.94. The summed E-state index contributed by atoms with van der Waals surface area (Å²) in [7, 11) is 0. The van der Waals surface area contributed by atoms with Crippen LogP contribution in [0.4, 0.5) is 0 Å². The standard InChI is InChI=1S/C21H32O3/c1-3-5-7-12-21-20(23-16-17-10-8-6-9-11-17)14-13-19(24-21)15-18(22)4-2/h6,8-11,19-21H,3-5,7,12-16H2,1-2H3/t19-,20-,21-/m1/s1. The fourth-order valence-electron chi connectivity index (χ4n) is 3.30. The van der Waals surface area contributed by atoms with E-state index in [0.29, 0.717) is 25.2 Å². The molecular formula is C21H32O3. The minimum Gasteiger partial charge on any atom is -0.372 e. The summed E-state index contributed by atoms with van der Waals surface area (Å²) in [6.07, 6.45) is 8.08. The Morgan fingerprint density at radius 3 is 2.67 bits per heavy atom. The summed E-state index contributed by atoms with van der Waals surface area (Å²) in [5, 5.41) is 0. The molecule has 1 saturated heterocycles. The second-order valence-corrected chi connectivity index (χ2v) is 6.80. The minimum absolute atomic E-state index is 0.0839. The van der Waals surface area contributed by atoms with Gasteiger partial charge in [-0.05, 0) is 24.8 Å². The van der Waals surface area contributed by atoms with E-state index in [-0.39, 0.29) is 18.3 Å². The number of hydrogen-bond acceptors (Lipinski definition) is 3. The number of hydrogen-bond donors (Lipinski definition) is 0. The Morgan fingerprint density at radius 1 is 1.17 bits per heavy atom. The van der Waals surface area contributed by atoms with Crippen molar-refractivity contribution in [1.82, 2.24) is 0 Å². The number of ketones is 1. The van der Waals surface area contributed by atoms with Gasteiger partial charge in [0.1, 0.15) is 5.78 Å². The molecule has 1 aromatic carbocycles. The maximum atomic E-state index is 11.7. The minimum atomic E-state index is 0.0839. The zero-order valence-electron chi connectivity index (χ0n) is 15.2. The monoisotopic (exact) mass is 332 g/mol. The van der Waals surface area contributed by atoms with Gasteiger partial charge in [-0.2, -0.15) is 0 Å². The highest BCUT2D eigenvalue weighted by Gasteiger charge is 2.32. The van der Waals surface area contributed by atoms with E-state index in [1.54, 1.807) is 0 Å². The number of ether oxygens (including phenoxy) is 2. The first-order valence-electron chi connectivity index (χ1n) is 9.55. The van der Waals surface area contributed by atoms with E-state index in [9.17, 15) is 4.79 Å². The van der Waals surface area contributed by atoms with E-state index >= 15 is 0 Å². The zero-order valence-corrected chi connectivity index (χ0v) is 15.2. The smallest absolute Gasteiger partial charge is 0.135 e. The summed E-state index contributed by atoms with van der Waals surface area (Å²) >= 11 is 0. The van der Waals surface area contributed by atoms with Crippen molar-refractivity contribution in [3.05, 3.63) is 35.9 Å². The second kappa shape index (κ2) is 10.6. The van der Waals surface area contributed by atoms with Gasteiger partial charge in [-0.25, -0.2) is 0 Å². The van der Waals surface area contributed by atoms with Crippen LogP contribution in [0, 0.1) is 0 Å². The summed E-state index contributed by atoms with van der Waals surface area (Å²) in [4.78, 5) is 11.7. The van der Waals surface area contributed by atoms with Gasteiger partial charge in [-0.3, -0.25) is 4.79 Å². The van der Waals surface area contributed by atoms with Crippen molar-refractivity contribution in [3.8, 4) is 0 Å². The molecule has 1 aromatic rings. The van der Waals surface area contributed by atoms with Gasteiger partial charge >= 0.3 is 0 Å². The van der Waals surface area contributed by atoms with Gasteiger partial charge < -0.3 is 9.47 Å². The molecule has 0 saturated carbocycles. The first-order valence-corrected chi connectivity index (χ1v) is 9.55. The lowest BCUT2D eigenvalue weighted by Gasteiger charge is -2.36. The molecule has 0 aliphatic carbocycles. The van der Waals surface area contributed by atoms with Crippen LogP contribution < -0.4 is 0 Å². The Morgan fingerprint density at radius 2 is 1.96 bits per heavy atom. The number of rotatable bonds is 10. The lowest BCUT2D eigenvalue weighted by Crippen LogP contribution is -2.41. The van der Waals surface area contributed by atoms with Gasteiger partial charge in [-0.1, -0.05) is 63.4 Å². The summed E-state index contributed by atoms with van der Waals surface area (Å²) in [6.45, 7) is 4.78. The number of Topliss-reactive ketones (excluding diaryl/α,β-unsaturated/α-hetero) is 1. The van der Waals surface area contributed by atoms with Crippen molar-refractivity contribution in [2.75, 3.05) is 0 Å². The van der Waals surface area contributed by atoms with Crippen molar-refractivity contribution in [2.24, 2.45) is 0 Å². The van der Waals surface area contributed by atoms with Gasteiger partial charge in [0.15, 0.2) is 0 Å². The second-order valence-electron chi connectivity index (χ2n) is 6.80. The molecule has 0 spiro atoms. The van der Waals surface area contributed by atoms with Crippen LogP contribution in [0.5, 0.6) is 0 Å². The predicted molar refractivity (Wildman–Crippen MR) is 97.0 cm³/mol. The Labute approximate surface area is 146 Å². The first-order chi connectivity index (χ1) is 11.7. The fourth-order valence-corrected chi connectivity index (χ4v) is 3.30. The highest BCUT2D eigenvalue weighted by Crippen LogP contribution is 2.28. The largest absolute Gasteiger partial charge is 0.372 e. The van der Waals surface area contributed by atoms with E-state index in [2.05, 4.69) is 19.1 Å². The van der Waals surface area contributed by atoms with Gasteiger partial charge in [0.05, 0.1) is 24.9 Å². The molecule has 0 unspecified atom stereocenters. The van der Waals surface area contributed by atoms with Crippen molar-refractivity contribution < 1.29 is 14.3 Å². The molecule has 1 aliphatic rings. The molecule has 2 rings (SSSR count). The third-order valence-corrected chi connectivity index (χ3v) is 4.80. The Bertz CT molecular complexity index is 471. The maximum Gasteiger partial charge on any atom is 0.135 e. The highest BCUT2D eigenvalue weighted by atomic mass is 16.5. The molecule has 1 fully saturated rings. The van der Waals surface area contributed by atoms with Crippen LogP contribution in [0.2, 0.25) is 0 Å². The molecule has 0 aromatic heterocycles. The summed E-state index contributed by atoms with van der Waals surface area (Å²) in [6, 6.07) is 10.3. The fraction of sp³-hybridized carbons (Fsp3) is 0.667. The third-order valence-electron chi connectivity index (χ3n) is 4.80. The highest BCUT2D eigenvalue weighted by molar-refractivity contribution is 5.78. The molecule has 3 atom stereocenters. The van der Waals surface area contributed by atoms with Gasteiger partial charge in [0.2, 0.25) is 0 Å². The zero-order chi connectivity index (χ0) is 17.2. The molecule has 0 bridgehead atoms. The average molecular weight is 332 g/mol. The number of benzene rings is 1. The molecule has 1 aliphatic heterocycles. The number of carbonyl (C=O) groups excluding carboxylic acids is 1. The molecular weight excluding hydrogens is 300 g/mol. The summed E-state index contributed by atoms with van der Waals surface area (Å²) in [5.41, 5.74) is 1.20. The summed E-state index contributed by atoms with van der Waals surface area (Å²) < 4.78 is 12.4. The Kier molecular flexibility index (Phi) is 8.48. The Balaban J connectivity index is 1.88. The molecule has 0 N–H and O–H groups in total. The SMILES string of the molecule is CCCCC[C@H]1O[C@@H](CC(=O)CC)CC[C@H]1OCc1ccccc1. The van der Waals surface area contributed by atoms with E-state index in [4.69, 9.17) is 9.47 Å². The first kappa shape index (κ1) is 19.1. The quantitative estimate of drug-likeness (QED) is 0.561. The maximum absolute atomic E-state index is 11.7. The van der Waals surface area contributed by atoms with Crippen LogP contribution in [0.3, 0.4) is 0 Å². The Hall–Kier alpha value is -1.19. The average Bonchev–Trinajstić information content (AvgIpc) is 2.62. The van der Waals surface area contributed by atoms with Crippen LogP contribution in [0.25, 0.3) is 0 Å². The van der Waals surface area contributed by atoms with E-state index < -0.39 is 0 Å². The van der Waals surface area contributed by atoms with Crippen LogP contribution in [-0.2, 0) is 20.9 Å². The predicted octanol–water partition coefficient (Wildman–Crippen LogP) is 5.07. The van der Waals surface area contributed by atoms with Crippen molar-refractivity contribution in [3.63, 3.8) is 0 Å². The van der Waals surface area contributed by atoms with E-state index in [1.165, 1.54) is 24.8 Å². The number of carbonyl (C=O) groups is 1. The van der Waals surface area contributed by atoms with Crippen LogP contribution >= 0.6 is 0 Å². The topological polar surface area (TPSA) is 35.5 Å². The van der Waals surface area contributed by atoms with Gasteiger partial charge in [0.25, 0.3) is 0 Å². The van der Waals surface area contributed by atoms with Crippen LogP contribution in [-0.4, -0.2) is 24.1 Å². The summed E-state index contributed by atoms with van der Waals surface area (Å²) in [5.74, 6) is 0.302. The third kappa shape index (κ3) is 6.37. The molecule has 1 heterocycles. The normalized spacial score (nSPS) is 24.0. The molecule has 24 heavy (non-hydrogen) atoms.